The minimum Gasteiger partial charge on any atom is -0.310 e. The third kappa shape index (κ3) is 4.85. The smallest absolute Gasteiger partial charge is 0.0554 e. The lowest BCUT2D eigenvalue weighted by Crippen LogP contribution is -2.15. The van der Waals surface area contributed by atoms with Gasteiger partial charge in [0.05, 0.1) is 5.69 Å². The molecule has 268 valence electrons. The molecule has 0 unspecified atom stereocenters. The minimum atomic E-state index is -0.0583. The van der Waals surface area contributed by atoms with E-state index in [1.54, 1.807) is 0 Å². The summed E-state index contributed by atoms with van der Waals surface area (Å²) in [5.74, 6) is 0. The van der Waals surface area contributed by atoms with Gasteiger partial charge in [0.1, 0.15) is 0 Å². The van der Waals surface area contributed by atoms with Crippen LogP contribution in [0.5, 0.6) is 0 Å². The Balaban J connectivity index is 1.07. The van der Waals surface area contributed by atoms with E-state index in [1.807, 2.05) is 11.3 Å². The molecule has 0 amide bonds. The molecule has 8 aromatic carbocycles. The zero-order valence-electron chi connectivity index (χ0n) is 32.1. The molecule has 0 aliphatic heterocycles. The van der Waals surface area contributed by atoms with E-state index >= 15 is 0 Å². The fourth-order valence-electron chi connectivity index (χ4n) is 9.79. The lowest BCUT2D eigenvalue weighted by Gasteiger charge is -2.28. The molecule has 56 heavy (non-hydrogen) atoms. The molecule has 0 bridgehead atoms. The molecule has 0 fully saturated rings. The predicted octanol–water partition coefficient (Wildman–Crippen LogP) is 15.5. The maximum Gasteiger partial charge on any atom is 0.0554 e. The van der Waals surface area contributed by atoms with Crippen LogP contribution in [0.25, 0.3) is 64.7 Å². The van der Waals surface area contributed by atoms with Gasteiger partial charge in [-0.3, -0.25) is 0 Å². The van der Waals surface area contributed by atoms with Gasteiger partial charge in [0.15, 0.2) is 0 Å². The topological polar surface area (TPSA) is 3.24 Å². The van der Waals surface area contributed by atoms with Crippen molar-refractivity contribution in [1.29, 1.82) is 0 Å². The van der Waals surface area contributed by atoms with Crippen LogP contribution >= 0.6 is 11.3 Å². The quantitative estimate of drug-likeness (QED) is 0.170. The number of fused-ring (bicyclic) bond motifs is 9. The van der Waals surface area contributed by atoms with Crippen LogP contribution in [0.2, 0.25) is 0 Å². The van der Waals surface area contributed by atoms with Crippen molar-refractivity contribution in [3.63, 3.8) is 0 Å². The van der Waals surface area contributed by atoms with Gasteiger partial charge in [0, 0.05) is 42.4 Å². The molecule has 0 radical (unpaired) electrons. The van der Waals surface area contributed by atoms with Crippen LogP contribution in [0.15, 0.2) is 176 Å². The third-order valence-electron chi connectivity index (χ3n) is 12.7. The lowest BCUT2D eigenvalue weighted by atomic mass is 9.81. The van der Waals surface area contributed by atoms with E-state index in [0.717, 1.165) is 11.4 Å². The average molecular weight is 736 g/mol. The van der Waals surface area contributed by atoms with Crippen LogP contribution in [0.4, 0.5) is 17.1 Å². The Morgan fingerprint density at radius 3 is 1.43 bits per heavy atom. The van der Waals surface area contributed by atoms with Crippen molar-refractivity contribution >= 4 is 48.6 Å². The fourth-order valence-corrected chi connectivity index (χ4v) is 10.9. The molecule has 9 aromatic rings. The Hall–Kier alpha value is -6.22. The summed E-state index contributed by atoms with van der Waals surface area (Å²) in [5.41, 5.74) is 19.2. The largest absolute Gasteiger partial charge is 0.310 e. The highest BCUT2D eigenvalue weighted by molar-refractivity contribution is 7.26. The van der Waals surface area contributed by atoms with Gasteiger partial charge >= 0.3 is 0 Å². The normalized spacial score (nSPS) is 14.4. The summed E-state index contributed by atoms with van der Waals surface area (Å²) in [6, 6.07) is 65.8. The number of thiophene rings is 1. The summed E-state index contributed by atoms with van der Waals surface area (Å²) in [6.07, 6.45) is 0. The molecule has 2 aliphatic rings. The molecule has 1 heterocycles. The van der Waals surface area contributed by atoms with E-state index in [-0.39, 0.29) is 10.8 Å². The van der Waals surface area contributed by atoms with Crippen LogP contribution in [0, 0.1) is 0 Å². The van der Waals surface area contributed by atoms with Crippen molar-refractivity contribution in [1.82, 2.24) is 0 Å². The average Bonchev–Trinajstić information content (AvgIpc) is 3.81. The highest BCUT2D eigenvalue weighted by Gasteiger charge is 2.36. The fraction of sp³-hybridized carbons (Fsp3) is 0.111. The van der Waals surface area contributed by atoms with Crippen molar-refractivity contribution in [3.05, 3.63) is 198 Å². The predicted molar refractivity (Wildman–Crippen MR) is 240 cm³/mol. The number of nitrogens with zero attached hydrogens (tertiary/aromatic N) is 1. The van der Waals surface area contributed by atoms with Gasteiger partial charge in [-0.1, -0.05) is 149 Å². The Morgan fingerprint density at radius 1 is 0.375 bits per heavy atom. The number of benzene rings is 8. The number of anilines is 3. The summed E-state index contributed by atoms with van der Waals surface area (Å²) < 4.78 is 2.60. The van der Waals surface area contributed by atoms with Gasteiger partial charge in [-0.15, -0.1) is 11.3 Å². The standard InChI is InChI=1S/C54H41NS/c1-53(2)45-21-8-5-18-40(45)42-28-26-36(32-47(42)53)34-14-11-16-38(30-34)55(49-23-13-25-51-52(49)44-20-7-10-24-50(44)56-51)39-17-12-15-35(31-39)37-27-29-43-41-19-6-9-22-46(41)54(3,4)48(43)33-37/h5-33H,1-4H3. The van der Waals surface area contributed by atoms with Crippen molar-refractivity contribution in [3.8, 4) is 44.5 Å². The maximum absolute atomic E-state index is 2.48. The SMILES string of the molecule is CC1(C)c2ccccc2-c2ccc(-c3cccc(N(c4cccc(-c5ccc6c(c5)C(C)(C)c5ccccc5-6)c4)c4cccc5sc6ccccc6c45)c3)cc21. The van der Waals surface area contributed by atoms with E-state index in [2.05, 4.69) is 209 Å². The molecule has 0 saturated heterocycles. The second-order valence-corrected chi connectivity index (χ2v) is 17.6. The van der Waals surface area contributed by atoms with Gasteiger partial charge in [0.25, 0.3) is 0 Å². The van der Waals surface area contributed by atoms with Crippen LogP contribution in [-0.4, -0.2) is 0 Å². The maximum atomic E-state index is 2.48. The molecule has 1 nitrogen and oxygen atoms in total. The number of rotatable bonds is 5. The monoisotopic (exact) mass is 735 g/mol. The Kier molecular flexibility index (Phi) is 7.18. The summed E-state index contributed by atoms with van der Waals surface area (Å²) in [7, 11) is 0. The van der Waals surface area contributed by atoms with Crippen molar-refractivity contribution < 1.29 is 0 Å². The summed E-state index contributed by atoms with van der Waals surface area (Å²) in [6.45, 7) is 9.44. The van der Waals surface area contributed by atoms with E-state index in [1.165, 1.54) is 92.6 Å². The first-order valence-electron chi connectivity index (χ1n) is 19.7. The van der Waals surface area contributed by atoms with Gasteiger partial charge in [0.2, 0.25) is 0 Å². The molecule has 11 rings (SSSR count). The number of hydrogen-bond donors (Lipinski definition) is 0. The highest BCUT2D eigenvalue weighted by Crippen LogP contribution is 2.52. The third-order valence-corrected chi connectivity index (χ3v) is 13.8. The first-order valence-corrected chi connectivity index (χ1v) is 20.5. The zero-order valence-corrected chi connectivity index (χ0v) is 32.9. The first-order chi connectivity index (χ1) is 27.3. The Labute approximate surface area is 333 Å². The van der Waals surface area contributed by atoms with Crippen molar-refractivity contribution in [2.75, 3.05) is 4.90 Å². The molecule has 0 spiro atoms. The van der Waals surface area contributed by atoms with Gasteiger partial charge in [-0.2, -0.15) is 0 Å². The summed E-state index contributed by atoms with van der Waals surface area (Å²) in [4.78, 5) is 2.48. The molecular formula is C54H41NS. The van der Waals surface area contributed by atoms with Crippen molar-refractivity contribution in [2.45, 2.75) is 38.5 Å². The van der Waals surface area contributed by atoms with Gasteiger partial charge in [-0.05, 0) is 121 Å². The Bertz CT molecular complexity index is 2900. The van der Waals surface area contributed by atoms with Gasteiger partial charge < -0.3 is 4.90 Å². The molecule has 0 saturated carbocycles. The lowest BCUT2D eigenvalue weighted by molar-refractivity contribution is 0.660. The van der Waals surface area contributed by atoms with Gasteiger partial charge in [-0.25, -0.2) is 0 Å². The van der Waals surface area contributed by atoms with Crippen LogP contribution in [-0.2, 0) is 10.8 Å². The van der Waals surface area contributed by atoms with Crippen LogP contribution in [0.1, 0.15) is 49.9 Å². The van der Waals surface area contributed by atoms with E-state index in [9.17, 15) is 0 Å². The second kappa shape index (κ2) is 12.1. The summed E-state index contributed by atoms with van der Waals surface area (Å²) in [5, 5.41) is 2.58. The number of hydrogen-bond acceptors (Lipinski definition) is 2. The summed E-state index contributed by atoms with van der Waals surface area (Å²) >= 11 is 1.87. The van der Waals surface area contributed by atoms with E-state index in [0.29, 0.717) is 0 Å². The first kappa shape index (κ1) is 33.1. The van der Waals surface area contributed by atoms with Crippen molar-refractivity contribution in [2.24, 2.45) is 0 Å². The second-order valence-electron chi connectivity index (χ2n) is 16.5. The Morgan fingerprint density at radius 2 is 0.839 bits per heavy atom. The zero-order chi connectivity index (χ0) is 37.8. The molecule has 2 aliphatic carbocycles. The van der Waals surface area contributed by atoms with Crippen LogP contribution < -0.4 is 4.90 Å². The van der Waals surface area contributed by atoms with Crippen LogP contribution in [0.3, 0.4) is 0 Å². The molecule has 1 aromatic heterocycles. The van der Waals surface area contributed by atoms with E-state index < -0.39 is 0 Å². The highest BCUT2D eigenvalue weighted by atomic mass is 32.1. The van der Waals surface area contributed by atoms with E-state index in [4.69, 9.17) is 0 Å². The molecular weight excluding hydrogens is 695 g/mol. The molecule has 0 atom stereocenters. The minimum absolute atomic E-state index is 0.0583. The molecule has 0 N–H and O–H groups in total. The molecule has 2 heteroatoms.